The first-order valence-corrected chi connectivity index (χ1v) is 10.1. The van der Waals surface area contributed by atoms with E-state index in [9.17, 15) is 9.59 Å². The molecule has 0 unspecified atom stereocenters. The molecular weight excluding hydrogens is 366 g/mol. The maximum atomic E-state index is 11.8. The van der Waals surface area contributed by atoms with Crippen molar-refractivity contribution in [3.63, 3.8) is 0 Å². The van der Waals surface area contributed by atoms with Crippen LogP contribution in [0, 0.1) is 0 Å². The zero-order valence-electron chi connectivity index (χ0n) is 18.3. The predicted octanol–water partition coefficient (Wildman–Crippen LogP) is 3.03. The van der Waals surface area contributed by atoms with Gasteiger partial charge in [-0.3, -0.25) is 4.79 Å². The molecule has 0 aromatic rings. The van der Waals surface area contributed by atoms with Gasteiger partial charge in [-0.2, -0.15) is 0 Å². The Labute approximate surface area is 169 Å². The summed E-state index contributed by atoms with van der Waals surface area (Å²) in [5.41, 5.74) is -0.502. The van der Waals surface area contributed by atoms with Crippen LogP contribution in [0.1, 0.15) is 53.4 Å². The van der Waals surface area contributed by atoms with Crippen molar-refractivity contribution in [1.29, 1.82) is 0 Å². The monoisotopic (exact) mass is 405 g/mol. The molecule has 0 aliphatic heterocycles. The van der Waals surface area contributed by atoms with E-state index < -0.39 is 5.60 Å². The third kappa shape index (κ3) is 18.0. The number of ether oxygens (including phenoxy) is 5. The molecule has 0 saturated carbocycles. The molecule has 0 fully saturated rings. The van der Waals surface area contributed by atoms with Crippen LogP contribution >= 0.6 is 0 Å². The number of unbranched alkanes of at least 4 members (excludes halogenated alkanes) is 2. The standard InChI is InChI=1S/C20H39NO7/c1-6-7-8-9-18(22)27-17-16-26-15-14-25-13-12-24-11-10-21(5)19(23)28-20(2,3)4/h6-17H2,1-5H3. The van der Waals surface area contributed by atoms with Gasteiger partial charge in [0.15, 0.2) is 0 Å². The Morgan fingerprint density at radius 1 is 0.821 bits per heavy atom. The van der Waals surface area contributed by atoms with Crippen molar-refractivity contribution in [2.45, 2.75) is 59.0 Å². The topological polar surface area (TPSA) is 83.5 Å². The number of carbonyl (C=O) groups excluding carboxylic acids is 2. The van der Waals surface area contributed by atoms with Crippen LogP contribution in [0.25, 0.3) is 0 Å². The van der Waals surface area contributed by atoms with Crippen molar-refractivity contribution >= 4 is 12.1 Å². The summed E-state index contributed by atoms with van der Waals surface area (Å²) < 4.78 is 26.5. The lowest BCUT2D eigenvalue weighted by atomic mass is 10.2. The molecule has 0 heterocycles. The number of esters is 1. The van der Waals surface area contributed by atoms with Gasteiger partial charge in [0, 0.05) is 20.0 Å². The lowest BCUT2D eigenvalue weighted by Crippen LogP contribution is -2.36. The van der Waals surface area contributed by atoms with E-state index in [4.69, 9.17) is 23.7 Å². The highest BCUT2D eigenvalue weighted by molar-refractivity contribution is 5.69. The number of amides is 1. The first-order chi connectivity index (χ1) is 13.3. The van der Waals surface area contributed by atoms with E-state index in [1.54, 1.807) is 7.05 Å². The molecule has 0 aliphatic carbocycles. The Balaban J connectivity index is 3.36. The normalized spacial score (nSPS) is 11.3. The van der Waals surface area contributed by atoms with Gasteiger partial charge in [-0.1, -0.05) is 19.8 Å². The largest absolute Gasteiger partial charge is 0.463 e. The van der Waals surface area contributed by atoms with Crippen LogP contribution < -0.4 is 0 Å². The zero-order chi connectivity index (χ0) is 21.3. The van der Waals surface area contributed by atoms with Gasteiger partial charge in [0.25, 0.3) is 0 Å². The molecule has 0 N–H and O–H groups in total. The number of nitrogens with zero attached hydrogens (tertiary/aromatic N) is 1. The van der Waals surface area contributed by atoms with Crippen molar-refractivity contribution in [2.24, 2.45) is 0 Å². The van der Waals surface area contributed by atoms with E-state index in [0.29, 0.717) is 52.6 Å². The minimum absolute atomic E-state index is 0.164. The van der Waals surface area contributed by atoms with Crippen molar-refractivity contribution in [3.05, 3.63) is 0 Å². The van der Waals surface area contributed by atoms with Crippen molar-refractivity contribution in [1.82, 2.24) is 4.90 Å². The summed E-state index contributed by atoms with van der Waals surface area (Å²) in [6, 6.07) is 0. The van der Waals surface area contributed by atoms with Crippen LogP contribution in [0.3, 0.4) is 0 Å². The predicted molar refractivity (Wildman–Crippen MR) is 106 cm³/mol. The highest BCUT2D eigenvalue weighted by atomic mass is 16.6. The van der Waals surface area contributed by atoms with E-state index in [2.05, 4.69) is 6.92 Å². The molecule has 8 nitrogen and oxygen atoms in total. The number of carbonyl (C=O) groups is 2. The molecule has 28 heavy (non-hydrogen) atoms. The molecule has 0 bridgehead atoms. The average Bonchev–Trinajstić information content (AvgIpc) is 2.61. The zero-order valence-corrected chi connectivity index (χ0v) is 18.3. The third-order valence-corrected chi connectivity index (χ3v) is 3.50. The molecule has 0 aliphatic rings. The fourth-order valence-corrected chi connectivity index (χ4v) is 1.98. The first kappa shape index (κ1) is 26.6. The molecule has 8 heteroatoms. The highest BCUT2D eigenvalue weighted by Gasteiger charge is 2.19. The Kier molecular flexibility index (Phi) is 15.7. The second kappa shape index (κ2) is 16.6. The lowest BCUT2D eigenvalue weighted by molar-refractivity contribution is -0.145. The van der Waals surface area contributed by atoms with E-state index in [1.807, 2.05) is 20.8 Å². The summed E-state index contributed by atoms with van der Waals surface area (Å²) in [6.07, 6.45) is 3.13. The molecule has 0 aromatic carbocycles. The van der Waals surface area contributed by atoms with Crippen LogP contribution in [0.2, 0.25) is 0 Å². The molecule has 0 radical (unpaired) electrons. The van der Waals surface area contributed by atoms with E-state index >= 15 is 0 Å². The Hall–Kier alpha value is -1.38. The number of likely N-dealkylation sites (N-methyl/N-ethyl adjacent to an activating group) is 1. The molecule has 166 valence electrons. The van der Waals surface area contributed by atoms with Gasteiger partial charge in [-0.05, 0) is 27.2 Å². The minimum Gasteiger partial charge on any atom is -0.463 e. The minimum atomic E-state index is -0.502. The second-order valence-corrected chi connectivity index (χ2v) is 7.42. The summed E-state index contributed by atoms with van der Waals surface area (Å²) in [4.78, 5) is 24.6. The summed E-state index contributed by atoms with van der Waals surface area (Å²) in [5.74, 6) is -0.164. The van der Waals surface area contributed by atoms with Crippen LogP contribution in [0.4, 0.5) is 4.79 Å². The number of rotatable bonds is 16. The van der Waals surface area contributed by atoms with Crippen molar-refractivity contribution in [2.75, 3.05) is 59.8 Å². The van der Waals surface area contributed by atoms with E-state index in [0.717, 1.165) is 19.3 Å². The smallest absolute Gasteiger partial charge is 0.410 e. The quantitative estimate of drug-likeness (QED) is 0.288. The van der Waals surface area contributed by atoms with Crippen molar-refractivity contribution in [3.8, 4) is 0 Å². The molecule has 0 aromatic heterocycles. The molecule has 1 amide bonds. The molecule has 0 atom stereocenters. The Bertz CT molecular complexity index is 410. The second-order valence-electron chi connectivity index (χ2n) is 7.42. The van der Waals surface area contributed by atoms with E-state index in [1.165, 1.54) is 4.90 Å². The highest BCUT2D eigenvalue weighted by Crippen LogP contribution is 2.08. The maximum absolute atomic E-state index is 11.8. The van der Waals surface area contributed by atoms with Gasteiger partial charge in [-0.15, -0.1) is 0 Å². The third-order valence-electron chi connectivity index (χ3n) is 3.50. The Morgan fingerprint density at radius 3 is 1.89 bits per heavy atom. The van der Waals surface area contributed by atoms with Gasteiger partial charge in [0.2, 0.25) is 0 Å². The maximum Gasteiger partial charge on any atom is 0.410 e. The summed E-state index contributed by atoms with van der Waals surface area (Å²) in [7, 11) is 1.67. The lowest BCUT2D eigenvalue weighted by Gasteiger charge is -2.24. The van der Waals surface area contributed by atoms with Gasteiger partial charge in [-0.25, -0.2) is 4.79 Å². The van der Waals surface area contributed by atoms with Crippen LogP contribution in [0.15, 0.2) is 0 Å². The summed E-state index contributed by atoms with van der Waals surface area (Å²) >= 11 is 0. The molecular formula is C20H39NO7. The fourth-order valence-electron chi connectivity index (χ4n) is 1.98. The van der Waals surface area contributed by atoms with Gasteiger partial charge < -0.3 is 28.6 Å². The number of hydrogen-bond donors (Lipinski definition) is 0. The molecule has 0 spiro atoms. The van der Waals surface area contributed by atoms with Crippen LogP contribution in [-0.4, -0.2) is 82.4 Å². The summed E-state index contributed by atoms with van der Waals surface area (Å²) in [6.45, 7) is 10.9. The molecule has 0 rings (SSSR count). The molecule has 0 saturated heterocycles. The van der Waals surface area contributed by atoms with Gasteiger partial charge in [0.05, 0.1) is 39.6 Å². The SMILES string of the molecule is CCCCCC(=O)OCCOCCOCCOCCN(C)C(=O)OC(C)(C)C. The first-order valence-electron chi connectivity index (χ1n) is 10.1. The number of hydrogen-bond acceptors (Lipinski definition) is 7. The average molecular weight is 406 g/mol. The Morgan fingerprint density at radius 2 is 1.36 bits per heavy atom. The van der Waals surface area contributed by atoms with E-state index in [-0.39, 0.29) is 18.7 Å². The van der Waals surface area contributed by atoms with Gasteiger partial charge >= 0.3 is 12.1 Å². The van der Waals surface area contributed by atoms with Crippen LogP contribution in [0.5, 0.6) is 0 Å². The van der Waals surface area contributed by atoms with Crippen molar-refractivity contribution < 1.29 is 33.3 Å². The van der Waals surface area contributed by atoms with Crippen LogP contribution in [-0.2, 0) is 28.5 Å². The van der Waals surface area contributed by atoms with Gasteiger partial charge in [0.1, 0.15) is 12.2 Å². The summed E-state index contributed by atoms with van der Waals surface area (Å²) in [5, 5.41) is 0. The fraction of sp³-hybridized carbons (Fsp3) is 0.900.